The van der Waals surface area contributed by atoms with Gasteiger partial charge in [-0.25, -0.2) is 0 Å². The van der Waals surface area contributed by atoms with Crippen molar-refractivity contribution in [2.24, 2.45) is 0 Å². The number of ether oxygens (including phenoxy) is 1. The van der Waals surface area contributed by atoms with E-state index in [1.54, 1.807) is 42.5 Å². The summed E-state index contributed by atoms with van der Waals surface area (Å²) in [7, 11) is 0. The van der Waals surface area contributed by atoms with Gasteiger partial charge in [0.1, 0.15) is 5.75 Å². The second-order valence-electron chi connectivity index (χ2n) is 6.45. The molecule has 0 aliphatic heterocycles. The van der Waals surface area contributed by atoms with Crippen molar-refractivity contribution in [1.82, 2.24) is 5.32 Å². The van der Waals surface area contributed by atoms with Crippen LogP contribution in [0.15, 0.2) is 48.5 Å². The third-order valence-corrected chi connectivity index (χ3v) is 3.81. The third kappa shape index (κ3) is 6.66. The first-order valence-corrected chi connectivity index (χ1v) is 9.57. The van der Waals surface area contributed by atoms with E-state index in [1.165, 1.54) is 0 Å². The number of amides is 2. The van der Waals surface area contributed by atoms with Gasteiger partial charge in [0.25, 0.3) is 5.91 Å². The lowest BCUT2D eigenvalue weighted by molar-refractivity contribution is -0.116. The molecule has 2 rings (SSSR count). The highest BCUT2D eigenvalue weighted by atomic mass is 32.1. The number of hydrogen-bond acceptors (Lipinski definition) is 4. The molecule has 0 saturated heterocycles. The maximum absolute atomic E-state index is 12.6. The van der Waals surface area contributed by atoms with Gasteiger partial charge in [0, 0.05) is 17.8 Å². The van der Waals surface area contributed by atoms with Crippen LogP contribution in [0.2, 0.25) is 0 Å². The molecule has 0 saturated carbocycles. The Labute approximate surface area is 170 Å². The van der Waals surface area contributed by atoms with Crippen molar-refractivity contribution < 1.29 is 14.3 Å². The molecule has 0 aliphatic rings. The lowest BCUT2D eigenvalue weighted by atomic mass is 10.2. The van der Waals surface area contributed by atoms with Gasteiger partial charge in [-0.3, -0.25) is 14.9 Å². The molecule has 3 N–H and O–H groups in total. The average Bonchev–Trinajstić information content (AvgIpc) is 2.62. The fraction of sp³-hybridized carbons (Fsp3) is 0.286. The Morgan fingerprint density at radius 3 is 2.39 bits per heavy atom. The molecule has 0 bridgehead atoms. The number of benzene rings is 2. The van der Waals surface area contributed by atoms with Gasteiger partial charge in [0.05, 0.1) is 11.7 Å². The molecule has 0 heterocycles. The molecule has 7 heteroatoms. The van der Waals surface area contributed by atoms with Gasteiger partial charge >= 0.3 is 0 Å². The van der Waals surface area contributed by atoms with Crippen LogP contribution in [0, 0.1) is 0 Å². The van der Waals surface area contributed by atoms with E-state index in [2.05, 4.69) is 16.0 Å². The minimum Gasteiger partial charge on any atom is -0.490 e. The molecule has 148 valence electrons. The van der Waals surface area contributed by atoms with Crippen molar-refractivity contribution in [2.75, 3.05) is 10.6 Å². The minimum absolute atomic E-state index is 0.0442. The van der Waals surface area contributed by atoms with Gasteiger partial charge in [-0.2, -0.15) is 0 Å². The summed E-state index contributed by atoms with van der Waals surface area (Å²) in [5.41, 5.74) is 1.72. The molecule has 28 heavy (non-hydrogen) atoms. The van der Waals surface area contributed by atoms with Gasteiger partial charge in [0.2, 0.25) is 5.91 Å². The predicted octanol–water partition coefficient (Wildman–Crippen LogP) is 4.34. The third-order valence-electron chi connectivity index (χ3n) is 3.60. The molecular formula is C21H25N3O3S. The summed E-state index contributed by atoms with van der Waals surface area (Å²) in [6, 6.07) is 14.1. The Hall–Kier alpha value is -2.93. The second kappa shape index (κ2) is 10.4. The van der Waals surface area contributed by atoms with E-state index in [1.807, 2.05) is 26.8 Å². The lowest BCUT2D eigenvalue weighted by Crippen LogP contribution is -2.34. The maximum atomic E-state index is 12.6. The molecule has 2 aromatic rings. The van der Waals surface area contributed by atoms with Crippen LogP contribution in [0.4, 0.5) is 11.4 Å². The van der Waals surface area contributed by atoms with Crippen molar-refractivity contribution in [3.63, 3.8) is 0 Å². The quantitative estimate of drug-likeness (QED) is 0.604. The SMILES string of the molecule is CCCC(=O)Nc1cccc(NC(=S)NC(=O)c2ccccc2OC(C)C)c1. The van der Waals surface area contributed by atoms with Crippen molar-refractivity contribution in [2.45, 2.75) is 39.7 Å². The zero-order valence-electron chi connectivity index (χ0n) is 16.2. The van der Waals surface area contributed by atoms with Gasteiger partial charge in [0.15, 0.2) is 5.11 Å². The fourth-order valence-electron chi connectivity index (χ4n) is 2.47. The van der Waals surface area contributed by atoms with E-state index >= 15 is 0 Å². The smallest absolute Gasteiger partial charge is 0.261 e. The first-order chi connectivity index (χ1) is 13.4. The Bertz CT molecular complexity index is 852. The van der Waals surface area contributed by atoms with Crippen LogP contribution in [-0.2, 0) is 4.79 Å². The fourth-order valence-corrected chi connectivity index (χ4v) is 2.68. The standard InChI is InChI=1S/C21H25N3O3S/c1-4-8-19(25)22-15-9-7-10-16(13-15)23-21(28)24-20(26)17-11-5-6-12-18(17)27-14(2)3/h5-7,9-14H,4,8H2,1-3H3,(H,22,25)(H2,23,24,26,28). The highest BCUT2D eigenvalue weighted by molar-refractivity contribution is 7.80. The van der Waals surface area contributed by atoms with E-state index < -0.39 is 0 Å². The first kappa shape index (κ1) is 21.4. The molecule has 6 nitrogen and oxygen atoms in total. The largest absolute Gasteiger partial charge is 0.490 e. The number of anilines is 2. The summed E-state index contributed by atoms with van der Waals surface area (Å²) in [5, 5.41) is 8.59. The summed E-state index contributed by atoms with van der Waals surface area (Å²) in [6.45, 7) is 5.74. The van der Waals surface area contributed by atoms with Crippen LogP contribution in [0.5, 0.6) is 5.75 Å². The molecule has 0 aromatic heterocycles. The number of carbonyl (C=O) groups is 2. The molecule has 0 aliphatic carbocycles. The van der Waals surface area contributed by atoms with E-state index in [0.29, 0.717) is 29.1 Å². The molecule has 0 fully saturated rings. The normalized spacial score (nSPS) is 10.3. The lowest BCUT2D eigenvalue weighted by Gasteiger charge is -2.15. The number of carbonyl (C=O) groups excluding carboxylic acids is 2. The van der Waals surface area contributed by atoms with Gasteiger partial charge in [-0.1, -0.05) is 25.1 Å². The Morgan fingerprint density at radius 2 is 1.71 bits per heavy atom. The molecule has 0 atom stereocenters. The highest BCUT2D eigenvalue weighted by Gasteiger charge is 2.14. The monoisotopic (exact) mass is 399 g/mol. The van der Waals surface area contributed by atoms with Crippen LogP contribution in [-0.4, -0.2) is 23.0 Å². The molecular weight excluding hydrogens is 374 g/mol. The summed E-state index contributed by atoms with van der Waals surface area (Å²) in [4.78, 5) is 24.3. The zero-order valence-corrected chi connectivity index (χ0v) is 17.1. The van der Waals surface area contributed by atoms with Crippen LogP contribution in [0.1, 0.15) is 44.0 Å². The predicted molar refractivity (Wildman–Crippen MR) is 116 cm³/mol. The summed E-state index contributed by atoms with van der Waals surface area (Å²) in [6.07, 6.45) is 1.19. The second-order valence-corrected chi connectivity index (χ2v) is 6.86. The topological polar surface area (TPSA) is 79.5 Å². The van der Waals surface area contributed by atoms with Crippen LogP contribution >= 0.6 is 12.2 Å². The molecule has 0 unspecified atom stereocenters. The molecule has 0 radical (unpaired) electrons. The van der Waals surface area contributed by atoms with Crippen molar-refractivity contribution in [3.05, 3.63) is 54.1 Å². The van der Waals surface area contributed by atoms with E-state index in [9.17, 15) is 9.59 Å². The molecule has 0 spiro atoms. The van der Waals surface area contributed by atoms with E-state index in [0.717, 1.165) is 6.42 Å². The van der Waals surface area contributed by atoms with Crippen molar-refractivity contribution >= 4 is 40.5 Å². The first-order valence-electron chi connectivity index (χ1n) is 9.17. The van der Waals surface area contributed by atoms with Gasteiger partial charge < -0.3 is 15.4 Å². The Morgan fingerprint density at radius 1 is 1.04 bits per heavy atom. The van der Waals surface area contributed by atoms with Crippen molar-refractivity contribution in [3.8, 4) is 5.75 Å². The number of para-hydroxylation sites is 1. The van der Waals surface area contributed by atoms with Crippen LogP contribution < -0.4 is 20.7 Å². The Balaban J connectivity index is 2.01. The van der Waals surface area contributed by atoms with E-state index in [4.69, 9.17) is 17.0 Å². The number of hydrogen-bond donors (Lipinski definition) is 3. The minimum atomic E-state index is -0.360. The van der Waals surface area contributed by atoms with Gasteiger partial charge in [-0.05, 0) is 62.8 Å². The van der Waals surface area contributed by atoms with Crippen LogP contribution in [0.3, 0.4) is 0 Å². The van der Waals surface area contributed by atoms with Gasteiger partial charge in [-0.15, -0.1) is 0 Å². The zero-order chi connectivity index (χ0) is 20.5. The summed E-state index contributed by atoms with van der Waals surface area (Å²) >= 11 is 5.24. The van der Waals surface area contributed by atoms with Crippen molar-refractivity contribution in [1.29, 1.82) is 0 Å². The highest BCUT2D eigenvalue weighted by Crippen LogP contribution is 2.19. The average molecular weight is 400 g/mol. The number of rotatable bonds is 7. The number of nitrogens with one attached hydrogen (secondary N) is 3. The Kier molecular flexibility index (Phi) is 7.95. The number of thiocarbonyl (C=S) groups is 1. The molecule has 2 amide bonds. The van der Waals surface area contributed by atoms with E-state index in [-0.39, 0.29) is 23.0 Å². The summed E-state index contributed by atoms with van der Waals surface area (Å²) in [5.74, 6) is 0.0943. The maximum Gasteiger partial charge on any atom is 0.261 e. The van der Waals surface area contributed by atoms with Crippen LogP contribution in [0.25, 0.3) is 0 Å². The summed E-state index contributed by atoms with van der Waals surface area (Å²) < 4.78 is 5.67. The molecule has 2 aromatic carbocycles.